The third kappa shape index (κ3) is 4.83. The molecule has 2 heterocycles. The fraction of sp³-hybridized carbons (Fsp3) is 0.148. The van der Waals surface area contributed by atoms with Crippen LogP contribution in [0.15, 0.2) is 95.8 Å². The normalized spacial score (nSPS) is 12.9. The van der Waals surface area contributed by atoms with E-state index in [2.05, 4.69) is 39.6 Å². The topological polar surface area (TPSA) is 101 Å². The summed E-state index contributed by atoms with van der Waals surface area (Å²) < 4.78 is 11.4. The quantitative estimate of drug-likeness (QED) is 0.305. The van der Waals surface area contributed by atoms with Crippen molar-refractivity contribution >= 4 is 16.9 Å². The van der Waals surface area contributed by atoms with Crippen LogP contribution in [0.25, 0.3) is 10.9 Å². The number of H-pyrrole nitrogens is 1. The Balaban J connectivity index is 1.42. The van der Waals surface area contributed by atoms with Crippen molar-refractivity contribution in [3.05, 3.63) is 114 Å². The van der Waals surface area contributed by atoms with Gasteiger partial charge in [0.2, 0.25) is 0 Å². The summed E-state index contributed by atoms with van der Waals surface area (Å²) >= 11 is 0. The van der Waals surface area contributed by atoms with Gasteiger partial charge in [0.05, 0.1) is 23.8 Å². The van der Waals surface area contributed by atoms with Gasteiger partial charge in [0, 0.05) is 23.8 Å². The lowest BCUT2D eigenvalue weighted by Crippen LogP contribution is -2.12. The lowest BCUT2D eigenvalue weighted by molar-refractivity contribution is -0.137. The maximum absolute atomic E-state index is 11.4. The molecule has 34 heavy (non-hydrogen) atoms. The molecule has 7 nitrogen and oxygen atoms in total. The zero-order valence-electron chi connectivity index (χ0n) is 18.3. The van der Waals surface area contributed by atoms with Gasteiger partial charge in [-0.3, -0.25) is 9.89 Å². The molecular weight excluding hydrogens is 430 g/mol. The summed E-state index contributed by atoms with van der Waals surface area (Å²) in [6.07, 6.45) is 3.65. The fourth-order valence-electron chi connectivity index (χ4n) is 4.12. The Morgan fingerprint density at radius 3 is 2.53 bits per heavy atom. The molecule has 0 aliphatic heterocycles. The van der Waals surface area contributed by atoms with Crippen LogP contribution in [0.4, 0.5) is 0 Å². The number of carboxylic acids is 1. The van der Waals surface area contributed by atoms with Gasteiger partial charge in [-0.25, -0.2) is 0 Å². The molecule has 0 radical (unpaired) electrons. The van der Waals surface area contributed by atoms with Gasteiger partial charge >= 0.3 is 5.97 Å². The summed E-state index contributed by atoms with van der Waals surface area (Å²) in [7, 11) is 0. The number of aromatic nitrogens is 3. The molecule has 0 spiro atoms. The summed E-state index contributed by atoms with van der Waals surface area (Å²) in [6, 6.07) is 25.6. The van der Waals surface area contributed by atoms with E-state index in [0.717, 1.165) is 22.0 Å². The molecule has 0 fully saturated rings. The van der Waals surface area contributed by atoms with Crippen molar-refractivity contribution in [1.82, 2.24) is 15.4 Å². The predicted molar refractivity (Wildman–Crippen MR) is 127 cm³/mol. The van der Waals surface area contributed by atoms with Crippen molar-refractivity contribution in [2.45, 2.75) is 24.9 Å². The van der Waals surface area contributed by atoms with E-state index in [1.54, 1.807) is 12.3 Å². The molecule has 0 bridgehead atoms. The number of aromatic amines is 1. The number of ether oxygens (including phenoxy) is 1. The molecule has 7 heteroatoms. The number of carbonyl (C=O) groups is 1. The molecule has 2 unspecified atom stereocenters. The lowest BCUT2D eigenvalue weighted by atomic mass is 9.92. The molecular formula is C27H23N3O4. The van der Waals surface area contributed by atoms with Crippen LogP contribution >= 0.6 is 0 Å². The Labute approximate surface area is 196 Å². The molecule has 2 aromatic heterocycles. The summed E-state index contributed by atoms with van der Waals surface area (Å²) in [5, 5.41) is 21.5. The van der Waals surface area contributed by atoms with Crippen molar-refractivity contribution in [2.75, 3.05) is 0 Å². The van der Waals surface area contributed by atoms with Crippen LogP contribution in [0.2, 0.25) is 0 Å². The molecule has 0 aliphatic rings. The second kappa shape index (κ2) is 9.62. The first-order valence-corrected chi connectivity index (χ1v) is 11.0. The second-order valence-electron chi connectivity index (χ2n) is 8.16. The molecule has 5 aromatic rings. The van der Waals surface area contributed by atoms with Crippen LogP contribution in [-0.2, 0) is 11.2 Å². The third-order valence-electron chi connectivity index (χ3n) is 5.86. The smallest absolute Gasteiger partial charge is 0.304 e. The zero-order chi connectivity index (χ0) is 23.3. The zero-order valence-corrected chi connectivity index (χ0v) is 18.3. The van der Waals surface area contributed by atoms with Gasteiger partial charge in [-0.1, -0.05) is 59.8 Å². The Bertz CT molecular complexity index is 1360. The van der Waals surface area contributed by atoms with E-state index in [1.807, 2.05) is 48.5 Å². The highest BCUT2D eigenvalue weighted by Crippen LogP contribution is 2.31. The van der Waals surface area contributed by atoms with Crippen molar-refractivity contribution in [1.29, 1.82) is 0 Å². The monoisotopic (exact) mass is 453 g/mol. The van der Waals surface area contributed by atoms with Gasteiger partial charge in [-0.05, 0) is 34.9 Å². The van der Waals surface area contributed by atoms with Crippen molar-refractivity contribution in [3.8, 4) is 5.75 Å². The van der Waals surface area contributed by atoms with Gasteiger partial charge in [0.1, 0.15) is 18.1 Å². The van der Waals surface area contributed by atoms with Crippen LogP contribution in [0, 0.1) is 0 Å². The Hall–Kier alpha value is -4.39. The number of benzene rings is 3. The predicted octanol–water partition coefficient (Wildman–Crippen LogP) is 5.52. The molecule has 0 saturated carbocycles. The molecule has 3 aromatic carbocycles. The molecule has 0 saturated heterocycles. The maximum Gasteiger partial charge on any atom is 0.304 e. The van der Waals surface area contributed by atoms with E-state index in [0.29, 0.717) is 17.9 Å². The second-order valence-corrected chi connectivity index (χ2v) is 8.16. The van der Waals surface area contributed by atoms with E-state index in [4.69, 9.17) is 9.26 Å². The number of hydrogen-bond donors (Lipinski definition) is 2. The van der Waals surface area contributed by atoms with E-state index >= 15 is 0 Å². The SMILES string of the molecule is O=C(O)CC(c1ccc(OC(Cc2ccccc2)c2ccc3cn[nH]c3c2)cc1)c1ccon1. The molecule has 0 amide bonds. The minimum absolute atomic E-state index is 0.0758. The number of nitrogens with one attached hydrogen (secondary N) is 1. The highest BCUT2D eigenvalue weighted by molar-refractivity contribution is 5.78. The number of carboxylic acid groups (broad SMARTS) is 1. The third-order valence-corrected chi connectivity index (χ3v) is 5.86. The fourth-order valence-corrected chi connectivity index (χ4v) is 4.12. The largest absolute Gasteiger partial charge is 0.485 e. The molecule has 2 atom stereocenters. The Kier molecular flexibility index (Phi) is 6.07. The lowest BCUT2D eigenvalue weighted by Gasteiger charge is -2.21. The first-order chi connectivity index (χ1) is 16.7. The highest BCUT2D eigenvalue weighted by atomic mass is 16.5. The van der Waals surface area contributed by atoms with E-state index in [9.17, 15) is 9.90 Å². The van der Waals surface area contributed by atoms with Crippen molar-refractivity contribution in [2.24, 2.45) is 0 Å². The number of aliphatic carboxylic acids is 1. The van der Waals surface area contributed by atoms with E-state index in [1.165, 1.54) is 11.8 Å². The minimum Gasteiger partial charge on any atom is -0.485 e. The van der Waals surface area contributed by atoms with Crippen LogP contribution in [0.5, 0.6) is 5.75 Å². The maximum atomic E-state index is 11.4. The summed E-state index contributed by atoms with van der Waals surface area (Å²) in [5.41, 5.74) is 4.59. The number of rotatable bonds is 9. The van der Waals surface area contributed by atoms with Crippen LogP contribution in [-0.4, -0.2) is 26.4 Å². The van der Waals surface area contributed by atoms with Crippen LogP contribution in [0.1, 0.15) is 40.8 Å². The van der Waals surface area contributed by atoms with Gasteiger partial charge in [-0.2, -0.15) is 5.10 Å². The summed E-state index contributed by atoms with van der Waals surface area (Å²) in [4.78, 5) is 11.4. The van der Waals surface area contributed by atoms with E-state index < -0.39 is 11.9 Å². The van der Waals surface area contributed by atoms with E-state index in [-0.39, 0.29) is 12.5 Å². The Morgan fingerprint density at radius 2 is 1.79 bits per heavy atom. The van der Waals surface area contributed by atoms with Crippen LogP contribution < -0.4 is 4.74 Å². The summed E-state index contributed by atoms with van der Waals surface area (Å²) in [5.74, 6) is -0.595. The average Bonchev–Trinajstić information content (AvgIpc) is 3.55. The Morgan fingerprint density at radius 1 is 1.00 bits per heavy atom. The van der Waals surface area contributed by atoms with Crippen molar-refractivity contribution < 1.29 is 19.2 Å². The minimum atomic E-state index is -0.898. The number of fused-ring (bicyclic) bond motifs is 1. The van der Waals surface area contributed by atoms with Gasteiger partial charge in [-0.15, -0.1) is 0 Å². The molecule has 170 valence electrons. The standard InChI is InChI=1S/C27H23N3O4/c31-27(32)16-23(24-12-13-33-30-24)19-8-10-22(11-9-19)34-26(14-18-4-2-1-3-5-18)20-6-7-21-17-28-29-25(21)15-20/h1-13,15,17,23,26H,14,16H2,(H,28,29)(H,31,32). The number of nitrogens with zero attached hydrogens (tertiary/aromatic N) is 2. The van der Waals surface area contributed by atoms with Gasteiger partial charge in [0.25, 0.3) is 0 Å². The van der Waals surface area contributed by atoms with Crippen LogP contribution in [0.3, 0.4) is 0 Å². The number of hydrogen-bond acceptors (Lipinski definition) is 5. The molecule has 5 rings (SSSR count). The first kappa shape index (κ1) is 21.5. The first-order valence-electron chi connectivity index (χ1n) is 11.0. The average molecular weight is 453 g/mol. The molecule has 0 aliphatic carbocycles. The van der Waals surface area contributed by atoms with Crippen molar-refractivity contribution in [3.63, 3.8) is 0 Å². The van der Waals surface area contributed by atoms with Gasteiger partial charge < -0.3 is 14.4 Å². The molecule has 2 N–H and O–H groups in total. The highest BCUT2D eigenvalue weighted by Gasteiger charge is 2.21. The van der Waals surface area contributed by atoms with Gasteiger partial charge in [0.15, 0.2) is 0 Å². The summed E-state index contributed by atoms with van der Waals surface area (Å²) in [6.45, 7) is 0.